The van der Waals surface area contributed by atoms with Crippen molar-refractivity contribution < 1.29 is 28.6 Å². The Bertz CT molecular complexity index is 900. The van der Waals surface area contributed by atoms with Gasteiger partial charge >= 0.3 is 17.9 Å². The van der Waals surface area contributed by atoms with Gasteiger partial charge in [-0.2, -0.15) is 0 Å². The Morgan fingerprint density at radius 2 is 0.559 bits per heavy atom. The van der Waals surface area contributed by atoms with Gasteiger partial charge in [0.25, 0.3) is 0 Å². The van der Waals surface area contributed by atoms with Gasteiger partial charge in [0.15, 0.2) is 6.10 Å². The lowest BCUT2D eigenvalue weighted by atomic mass is 10.0. The lowest BCUT2D eigenvalue weighted by Crippen LogP contribution is -2.30. The summed E-state index contributed by atoms with van der Waals surface area (Å²) in [5.74, 6) is 0.774. The molecule has 0 fully saturated rings. The van der Waals surface area contributed by atoms with Gasteiger partial charge in [0.05, 0.1) is 0 Å². The molecule has 0 saturated heterocycles. The maximum atomic E-state index is 12.8. The standard InChI is InChI=1S/C53H102O6/c1-6-7-8-9-10-11-12-13-14-15-16-19-23-30-35-40-45-53(56)59-50(47-58-52(55)44-39-34-29-25-24-27-32-37-42-49(4)5)46-57-51(54)43-38-33-28-22-20-17-18-21-26-31-36-41-48(2)3/h48-50H,6-47H2,1-5H3/t50-/m1/s1. The first-order chi connectivity index (χ1) is 28.7. The Morgan fingerprint density at radius 1 is 0.322 bits per heavy atom. The molecule has 0 amide bonds. The van der Waals surface area contributed by atoms with Gasteiger partial charge in [-0.25, -0.2) is 0 Å². The Kier molecular flexibility index (Phi) is 44.7. The predicted molar refractivity (Wildman–Crippen MR) is 252 cm³/mol. The third-order valence-corrected chi connectivity index (χ3v) is 12.0. The number of carbonyl (C=O) groups excluding carboxylic acids is 3. The molecule has 0 aliphatic carbocycles. The fraction of sp³-hybridized carbons (Fsp3) is 0.943. The van der Waals surface area contributed by atoms with Gasteiger partial charge in [-0.1, -0.05) is 253 Å². The first-order valence-corrected chi connectivity index (χ1v) is 26.2. The molecule has 0 aromatic rings. The van der Waals surface area contributed by atoms with Crippen LogP contribution in [0.4, 0.5) is 0 Å². The maximum Gasteiger partial charge on any atom is 0.306 e. The van der Waals surface area contributed by atoms with Crippen LogP contribution in [0.15, 0.2) is 0 Å². The van der Waals surface area contributed by atoms with Crippen molar-refractivity contribution in [1.82, 2.24) is 0 Å². The van der Waals surface area contributed by atoms with Crippen LogP contribution < -0.4 is 0 Å². The second-order valence-corrected chi connectivity index (χ2v) is 19.1. The molecule has 0 saturated carbocycles. The van der Waals surface area contributed by atoms with Crippen molar-refractivity contribution in [3.8, 4) is 0 Å². The molecule has 0 aromatic carbocycles. The van der Waals surface area contributed by atoms with Crippen LogP contribution >= 0.6 is 0 Å². The van der Waals surface area contributed by atoms with E-state index in [-0.39, 0.29) is 31.1 Å². The lowest BCUT2D eigenvalue weighted by Gasteiger charge is -2.18. The van der Waals surface area contributed by atoms with Crippen LogP contribution in [0.3, 0.4) is 0 Å². The highest BCUT2D eigenvalue weighted by Crippen LogP contribution is 2.17. The summed E-state index contributed by atoms with van der Waals surface area (Å²) < 4.78 is 16.8. The quantitative estimate of drug-likeness (QED) is 0.0345. The van der Waals surface area contributed by atoms with Crippen molar-refractivity contribution in [1.29, 1.82) is 0 Å². The van der Waals surface area contributed by atoms with E-state index in [0.717, 1.165) is 69.6 Å². The molecule has 1 atom stereocenters. The van der Waals surface area contributed by atoms with Crippen molar-refractivity contribution in [2.45, 2.75) is 298 Å². The minimum absolute atomic E-state index is 0.0640. The number of carbonyl (C=O) groups is 3. The van der Waals surface area contributed by atoms with Crippen molar-refractivity contribution in [3.63, 3.8) is 0 Å². The van der Waals surface area contributed by atoms with E-state index < -0.39 is 6.10 Å². The largest absolute Gasteiger partial charge is 0.462 e. The first kappa shape index (κ1) is 57.4. The fourth-order valence-electron chi connectivity index (χ4n) is 7.99. The van der Waals surface area contributed by atoms with Crippen LogP contribution in [0, 0.1) is 11.8 Å². The number of ether oxygens (including phenoxy) is 3. The minimum Gasteiger partial charge on any atom is -0.462 e. The van der Waals surface area contributed by atoms with Gasteiger partial charge in [-0.3, -0.25) is 14.4 Å². The van der Waals surface area contributed by atoms with Crippen molar-refractivity contribution in [2.24, 2.45) is 11.8 Å². The number of hydrogen-bond donors (Lipinski definition) is 0. The van der Waals surface area contributed by atoms with Crippen LogP contribution in [-0.4, -0.2) is 37.2 Å². The zero-order chi connectivity index (χ0) is 43.3. The SMILES string of the molecule is CCCCCCCCCCCCCCCCCCC(=O)O[C@H](COC(=O)CCCCCCCCCCCCCC(C)C)COC(=O)CCCCCCCCCCC(C)C. The highest BCUT2D eigenvalue weighted by atomic mass is 16.6. The second kappa shape index (κ2) is 45.9. The molecule has 0 unspecified atom stereocenters. The lowest BCUT2D eigenvalue weighted by molar-refractivity contribution is -0.167. The Labute approximate surface area is 368 Å². The van der Waals surface area contributed by atoms with E-state index in [0.29, 0.717) is 19.3 Å². The van der Waals surface area contributed by atoms with Crippen LogP contribution in [0.25, 0.3) is 0 Å². The van der Waals surface area contributed by atoms with Gasteiger partial charge in [-0.15, -0.1) is 0 Å². The molecular weight excluding hydrogens is 733 g/mol. The number of rotatable bonds is 47. The van der Waals surface area contributed by atoms with E-state index in [1.807, 2.05) is 0 Å². The Hall–Kier alpha value is -1.59. The normalized spacial score (nSPS) is 12.1. The third-order valence-electron chi connectivity index (χ3n) is 12.0. The zero-order valence-electron chi connectivity index (χ0n) is 40.4. The molecule has 0 bridgehead atoms. The van der Waals surface area contributed by atoms with E-state index >= 15 is 0 Å². The summed E-state index contributed by atoms with van der Waals surface area (Å²) in [6.45, 7) is 11.3. The molecule has 350 valence electrons. The average Bonchev–Trinajstić information content (AvgIpc) is 3.20. The monoisotopic (exact) mass is 835 g/mol. The summed E-state index contributed by atoms with van der Waals surface area (Å²) in [4.78, 5) is 37.9. The van der Waals surface area contributed by atoms with E-state index in [1.54, 1.807) is 0 Å². The molecule has 0 rings (SSSR count). The highest BCUT2D eigenvalue weighted by Gasteiger charge is 2.19. The summed E-state index contributed by atoms with van der Waals surface area (Å²) in [5, 5.41) is 0. The molecule has 0 radical (unpaired) electrons. The van der Waals surface area contributed by atoms with Crippen molar-refractivity contribution in [3.05, 3.63) is 0 Å². The van der Waals surface area contributed by atoms with Crippen LogP contribution in [-0.2, 0) is 28.6 Å². The van der Waals surface area contributed by atoms with Crippen molar-refractivity contribution >= 4 is 17.9 Å². The molecule has 0 spiro atoms. The predicted octanol–water partition coefficient (Wildman–Crippen LogP) is 16.9. The Balaban J connectivity index is 4.30. The van der Waals surface area contributed by atoms with Crippen LogP contribution in [0.1, 0.15) is 291 Å². The summed E-state index contributed by atoms with van der Waals surface area (Å²) in [5.41, 5.74) is 0. The maximum absolute atomic E-state index is 12.8. The molecule has 0 N–H and O–H groups in total. The van der Waals surface area contributed by atoms with Gasteiger partial charge in [0, 0.05) is 19.3 Å². The van der Waals surface area contributed by atoms with Gasteiger partial charge < -0.3 is 14.2 Å². The number of esters is 3. The summed E-state index contributed by atoms with van der Waals surface area (Å²) in [7, 11) is 0. The Morgan fingerprint density at radius 3 is 0.831 bits per heavy atom. The molecule has 0 aliphatic heterocycles. The molecule has 0 aromatic heterocycles. The summed E-state index contributed by atoms with van der Waals surface area (Å²) in [6, 6.07) is 0. The van der Waals surface area contributed by atoms with Crippen molar-refractivity contribution in [2.75, 3.05) is 13.2 Å². The number of hydrogen-bond acceptors (Lipinski definition) is 6. The summed E-state index contributed by atoms with van der Waals surface area (Å²) in [6.07, 6.45) is 46.6. The van der Waals surface area contributed by atoms with E-state index in [9.17, 15) is 14.4 Å². The molecular formula is C53H102O6. The minimum atomic E-state index is -0.762. The molecule has 0 aliphatic rings. The van der Waals surface area contributed by atoms with Gasteiger partial charge in [-0.05, 0) is 31.1 Å². The van der Waals surface area contributed by atoms with Gasteiger partial charge in [0.1, 0.15) is 13.2 Å². The zero-order valence-corrected chi connectivity index (χ0v) is 40.4. The number of unbranched alkanes of at least 4 members (excludes halogenated alkanes) is 32. The topological polar surface area (TPSA) is 78.9 Å². The average molecular weight is 835 g/mol. The molecule has 6 heteroatoms. The second-order valence-electron chi connectivity index (χ2n) is 19.1. The third kappa shape index (κ3) is 47.3. The van der Waals surface area contributed by atoms with Crippen LogP contribution in [0.5, 0.6) is 0 Å². The molecule has 0 heterocycles. The van der Waals surface area contributed by atoms with E-state index in [1.165, 1.54) is 180 Å². The first-order valence-electron chi connectivity index (χ1n) is 26.2. The van der Waals surface area contributed by atoms with E-state index in [2.05, 4.69) is 34.6 Å². The molecule has 59 heavy (non-hydrogen) atoms. The van der Waals surface area contributed by atoms with E-state index in [4.69, 9.17) is 14.2 Å². The fourth-order valence-corrected chi connectivity index (χ4v) is 7.99. The summed E-state index contributed by atoms with van der Waals surface area (Å²) >= 11 is 0. The molecule has 6 nitrogen and oxygen atoms in total. The van der Waals surface area contributed by atoms with Crippen LogP contribution in [0.2, 0.25) is 0 Å². The highest BCUT2D eigenvalue weighted by molar-refractivity contribution is 5.71. The smallest absolute Gasteiger partial charge is 0.306 e. The van der Waals surface area contributed by atoms with Gasteiger partial charge in [0.2, 0.25) is 0 Å².